The van der Waals surface area contributed by atoms with E-state index in [9.17, 15) is 4.79 Å². The molecule has 1 aliphatic rings. The average molecular weight is 450 g/mol. The van der Waals surface area contributed by atoms with Gasteiger partial charge in [-0.1, -0.05) is 32.9 Å². The van der Waals surface area contributed by atoms with E-state index in [1.165, 1.54) is 0 Å². The maximum absolute atomic E-state index is 12.5. The van der Waals surface area contributed by atoms with E-state index in [0.717, 1.165) is 44.0 Å². The van der Waals surface area contributed by atoms with Gasteiger partial charge in [0.15, 0.2) is 0 Å². The van der Waals surface area contributed by atoms with Crippen LogP contribution >= 0.6 is 0 Å². The molecule has 0 radical (unpaired) electrons. The van der Waals surface area contributed by atoms with E-state index in [4.69, 9.17) is 9.16 Å². The molecular formula is C24H43N3O3Si. The Bertz CT molecular complexity index is 715. The van der Waals surface area contributed by atoms with Crippen LogP contribution in [-0.4, -0.2) is 69.6 Å². The number of ether oxygens (including phenoxy) is 1. The minimum atomic E-state index is -1.89. The topological polar surface area (TPSA) is 54.0 Å². The highest BCUT2D eigenvalue weighted by Gasteiger charge is 2.39. The number of likely N-dealkylation sites (N-methyl/N-ethyl adjacent to an activating group) is 1. The molecule has 0 unspecified atom stereocenters. The summed E-state index contributed by atoms with van der Waals surface area (Å²) in [7, 11) is 0.260. The van der Waals surface area contributed by atoms with Gasteiger partial charge >= 0.3 is 6.09 Å². The second kappa shape index (κ2) is 9.92. The van der Waals surface area contributed by atoms with Gasteiger partial charge in [-0.05, 0) is 63.6 Å². The lowest BCUT2D eigenvalue weighted by Gasteiger charge is -2.36. The Labute approximate surface area is 190 Å². The van der Waals surface area contributed by atoms with E-state index in [1.807, 2.05) is 32.9 Å². The van der Waals surface area contributed by atoms with Crippen LogP contribution in [0, 0.1) is 0 Å². The minimum absolute atomic E-state index is 0.139. The number of nitrogens with one attached hydrogen (secondary N) is 1. The van der Waals surface area contributed by atoms with Crippen LogP contribution in [0.25, 0.3) is 0 Å². The Balaban J connectivity index is 2.15. The first-order valence-corrected chi connectivity index (χ1v) is 14.3. The predicted molar refractivity (Wildman–Crippen MR) is 130 cm³/mol. The molecule has 1 N–H and O–H groups in total. The molecule has 1 heterocycles. The van der Waals surface area contributed by atoms with Crippen LogP contribution in [0.2, 0.25) is 18.1 Å². The summed E-state index contributed by atoms with van der Waals surface area (Å²) in [6, 6.07) is 8.06. The van der Waals surface area contributed by atoms with Crippen molar-refractivity contribution in [3.8, 4) is 5.75 Å². The van der Waals surface area contributed by atoms with Gasteiger partial charge in [0.25, 0.3) is 0 Å². The molecule has 1 saturated heterocycles. The fourth-order valence-electron chi connectivity index (χ4n) is 3.19. The van der Waals surface area contributed by atoms with Crippen molar-refractivity contribution in [3.63, 3.8) is 0 Å². The first kappa shape index (κ1) is 25.7. The maximum Gasteiger partial charge on any atom is 0.408 e. The van der Waals surface area contributed by atoms with E-state index in [0.29, 0.717) is 0 Å². The summed E-state index contributed by atoms with van der Waals surface area (Å²) >= 11 is 0. The number of rotatable bonds is 6. The van der Waals surface area contributed by atoms with Gasteiger partial charge in [0.05, 0.1) is 6.04 Å². The number of carbonyl (C=O) groups is 1. The van der Waals surface area contributed by atoms with Crippen molar-refractivity contribution in [1.29, 1.82) is 0 Å². The largest absolute Gasteiger partial charge is 0.544 e. The molecule has 2 rings (SSSR count). The van der Waals surface area contributed by atoms with Gasteiger partial charge in [0, 0.05) is 32.7 Å². The monoisotopic (exact) mass is 449 g/mol. The quantitative estimate of drug-likeness (QED) is 0.627. The van der Waals surface area contributed by atoms with Crippen LogP contribution in [0.3, 0.4) is 0 Å². The van der Waals surface area contributed by atoms with Gasteiger partial charge in [-0.2, -0.15) is 0 Å². The van der Waals surface area contributed by atoms with Gasteiger partial charge in [0.1, 0.15) is 11.4 Å². The zero-order valence-corrected chi connectivity index (χ0v) is 22.0. The smallest absolute Gasteiger partial charge is 0.408 e. The number of piperazine rings is 1. The van der Waals surface area contributed by atoms with E-state index < -0.39 is 13.9 Å². The van der Waals surface area contributed by atoms with E-state index in [1.54, 1.807) is 0 Å². The second-order valence-corrected chi connectivity index (χ2v) is 16.0. The molecule has 0 spiro atoms. The van der Waals surface area contributed by atoms with Crippen LogP contribution in [0.1, 0.15) is 53.1 Å². The van der Waals surface area contributed by atoms with Gasteiger partial charge in [-0.25, -0.2) is 4.79 Å². The minimum Gasteiger partial charge on any atom is -0.544 e. The summed E-state index contributed by atoms with van der Waals surface area (Å²) in [6.07, 6.45) is -0.381. The first-order valence-electron chi connectivity index (χ1n) is 11.4. The molecular weight excluding hydrogens is 406 g/mol. The summed E-state index contributed by atoms with van der Waals surface area (Å²) in [5, 5.41) is 3.24. The van der Waals surface area contributed by atoms with Crippen LogP contribution in [0.5, 0.6) is 5.75 Å². The Morgan fingerprint density at radius 3 is 2.06 bits per heavy atom. The molecule has 1 fully saturated rings. The Kier molecular flexibility index (Phi) is 8.22. The fourth-order valence-corrected chi connectivity index (χ4v) is 4.22. The zero-order valence-electron chi connectivity index (χ0n) is 21.0. The number of nitrogens with zero attached hydrogens (tertiary/aromatic N) is 2. The highest BCUT2D eigenvalue weighted by molar-refractivity contribution is 6.74. The predicted octanol–water partition coefficient (Wildman–Crippen LogP) is 4.88. The number of benzene rings is 1. The standard InChI is InChI=1S/C24H43N3O3Si/c1-23(2,3)29-22(28)25-21(18-27-16-14-26(7)15-17-27)19-10-12-20(13-11-19)30-31(8,9)24(4,5)6/h10-13,21H,14-18H2,1-9H3,(H,25,28)/t21-/m0/s1. The van der Waals surface area contributed by atoms with Crippen molar-refractivity contribution in [1.82, 2.24) is 15.1 Å². The molecule has 1 aliphatic heterocycles. The van der Waals surface area contributed by atoms with Crippen LogP contribution in [-0.2, 0) is 4.74 Å². The van der Waals surface area contributed by atoms with Crippen LogP contribution < -0.4 is 9.74 Å². The first-order chi connectivity index (χ1) is 14.2. The van der Waals surface area contributed by atoms with Crippen LogP contribution in [0.4, 0.5) is 4.79 Å². The van der Waals surface area contributed by atoms with Crippen molar-refractivity contribution in [2.75, 3.05) is 39.8 Å². The lowest BCUT2D eigenvalue weighted by molar-refractivity contribution is 0.0481. The van der Waals surface area contributed by atoms with Gasteiger partial charge < -0.3 is 19.4 Å². The van der Waals surface area contributed by atoms with Gasteiger partial charge in [-0.15, -0.1) is 0 Å². The summed E-state index contributed by atoms with van der Waals surface area (Å²) in [5.41, 5.74) is 0.538. The van der Waals surface area contributed by atoms with E-state index in [-0.39, 0.29) is 17.2 Å². The van der Waals surface area contributed by atoms with Gasteiger partial charge in [0.2, 0.25) is 8.32 Å². The summed E-state index contributed by atoms with van der Waals surface area (Å²) < 4.78 is 11.9. The fraction of sp³-hybridized carbons (Fsp3) is 0.708. The maximum atomic E-state index is 12.5. The zero-order chi connectivity index (χ0) is 23.4. The molecule has 0 aliphatic carbocycles. The average Bonchev–Trinajstić information content (AvgIpc) is 2.61. The lowest BCUT2D eigenvalue weighted by Crippen LogP contribution is -2.48. The number of hydrogen-bond acceptors (Lipinski definition) is 5. The number of amides is 1. The molecule has 7 heteroatoms. The molecule has 1 amide bonds. The molecule has 0 aromatic heterocycles. The second-order valence-electron chi connectivity index (χ2n) is 11.2. The molecule has 0 bridgehead atoms. The van der Waals surface area contributed by atoms with Crippen molar-refractivity contribution >= 4 is 14.4 Å². The van der Waals surface area contributed by atoms with E-state index in [2.05, 4.69) is 68.2 Å². The van der Waals surface area contributed by atoms with Gasteiger partial charge in [-0.3, -0.25) is 4.90 Å². The van der Waals surface area contributed by atoms with Crippen molar-refractivity contribution in [2.45, 2.75) is 71.3 Å². The van der Waals surface area contributed by atoms with Crippen LogP contribution in [0.15, 0.2) is 24.3 Å². The normalized spacial score (nSPS) is 17.8. The van der Waals surface area contributed by atoms with Crippen molar-refractivity contribution in [3.05, 3.63) is 29.8 Å². The highest BCUT2D eigenvalue weighted by Crippen LogP contribution is 2.37. The molecule has 176 valence electrons. The Morgan fingerprint density at radius 2 is 1.58 bits per heavy atom. The third-order valence-corrected chi connectivity index (χ3v) is 10.5. The molecule has 31 heavy (non-hydrogen) atoms. The van der Waals surface area contributed by atoms with Crippen molar-refractivity contribution in [2.24, 2.45) is 0 Å². The third-order valence-electron chi connectivity index (χ3n) is 6.19. The Morgan fingerprint density at radius 1 is 1.03 bits per heavy atom. The summed E-state index contributed by atoms with van der Waals surface area (Å²) in [6.45, 7) is 21.7. The Hall–Kier alpha value is -1.57. The van der Waals surface area contributed by atoms with E-state index >= 15 is 0 Å². The summed E-state index contributed by atoms with van der Waals surface area (Å²) in [4.78, 5) is 17.3. The third kappa shape index (κ3) is 8.13. The number of hydrogen-bond donors (Lipinski definition) is 1. The molecule has 1 aromatic rings. The lowest BCUT2D eigenvalue weighted by atomic mass is 10.1. The highest BCUT2D eigenvalue weighted by atomic mass is 28.4. The SMILES string of the molecule is CN1CCN(C[C@H](NC(=O)OC(C)(C)C)c2ccc(O[Si](C)(C)C(C)(C)C)cc2)CC1. The number of carbonyl (C=O) groups excluding carboxylic acids is 1. The number of alkyl carbamates (subject to hydrolysis) is 1. The molecule has 6 nitrogen and oxygen atoms in total. The molecule has 0 saturated carbocycles. The summed E-state index contributed by atoms with van der Waals surface area (Å²) in [5.74, 6) is 0.894. The molecule has 1 aromatic carbocycles. The van der Waals surface area contributed by atoms with Crippen molar-refractivity contribution < 1.29 is 14.0 Å². The molecule has 1 atom stereocenters.